The van der Waals surface area contributed by atoms with E-state index in [4.69, 9.17) is 16.4 Å². The lowest BCUT2D eigenvalue weighted by Gasteiger charge is -2.01. The largest absolute Gasteiger partial charge is 0.391 e. The van der Waals surface area contributed by atoms with E-state index in [-0.39, 0.29) is 0 Å². The van der Waals surface area contributed by atoms with Crippen molar-refractivity contribution in [2.24, 2.45) is 5.16 Å². The van der Waals surface area contributed by atoms with Crippen LogP contribution in [0.4, 0.5) is 0 Å². The van der Waals surface area contributed by atoms with Crippen molar-refractivity contribution in [3.8, 4) is 0 Å². The van der Waals surface area contributed by atoms with E-state index in [1.54, 1.807) is 0 Å². The Hall–Kier alpha value is -2.33. The predicted molar refractivity (Wildman–Crippen MR) is 84.5 cm³/mol. The third-order valence-electron chi connectivity index (χ3n) is 3.08. The van der Waals surface area contributed by atoms with Crippen molar-refractivity contribution < 1.29 is 4.84 Å². The number of rotatable bonds is 4. The molecule has 21 heavy (non-hydrogen) atoms. The summed E-state index contributed by atoms with van der Waals surface area (Å²) < 4.78 is 0. The van der Waals surface area contributed by atoms with Crippen LogP contribution in [0.1, 0.15) is 18.3 Å². The van der Waals surface area contributed by atoms with Gasteiger partial charge in [0.25, 0.3) is 0 Å². The number of imidazole rings is 1. The van der Waals surface area contributed by atoms with Crippen molar-refractivity contribution in [2.45, 2.75) is 13.5 Å². The van der Waals surface area contributed by atoms with E-state index in [2.05, 4.69) is 15.1 Å². The molecule has 1 heterocycles. The molecular weight excluding hydrogens is 286 g/mol. The van der Waals surface area contributed by atoms with Crippen LogP contribution >= 0.6 is 11.6 Å². The molecule has 0 unspecified atom stereocenters. The molecule has 106 valence electrons. The number of fused-ring (bicyclic) bond motifs is 1. The zero-order valence-corrected chi connectivity index (χ0v) is 12.3. The molecule has 2 aromatic carbocycles. The Bertz CT molecular complexity index is 745. The number of halogens is 1. The summed E-state index contributed by atoms with van der Waals surface area (Å²) in [4.78, 5) is 13.0. The molecule has 3 rings (SSSR count). The average molecular weight is 300 g/mol. The Labute approximate surface area is 127 Å². The van der Waals surface area contributed by atoms with Crippen LogP contribution in [-0.2, 0) is 11.4 Å². The van der Waals surface area contributed by atoms with E-state index in [9.17, 15) is 0 Å². The highest BCUT2D eigenvalue weighted by Crippen LogP contribution is 2.12. The second-order valence-electron chi connectivity index (χ2n) is 4.68. The van der Waals surface area contributed by atoms with Crippen LogP contribution in [0, 0.1) is 0 Å². The molecule has 1 aromatic heterocycles. The summed E-state index contributed by atoms with van der Waals surface area (Å²) in [5.41, 5.74) is 3.63. The highest BCUT2D eigenvalue weighted by molar-refractivity contribution is 6.30. The fraction of sp³-hybridized carbons (Fsp3) is 0.125. The molecule has 0 radical (unpaired) electrons. The first kappa shape index (κ1) is 13.6. The minimum Gasteiger partial charge on any atom is -0.391 e. The standard InChI is InChI=1S/C16H14ClN3O/c1-11(16-18-14-4-2-3-5-15(14)19-16)20-21-10-12-6-8-13(17)9-7-12/h2-9H,10H2,1H3,(H,18,19)/b20-11+. The van der Waals surface area contributed by atoms with Gasteiger partial charge in [0.05, 0.1) is 11.0 Å². The Balaban J connectivity index is 1.69. The summed E-state index contributed by atoms with van der Waals surface area (Å²) in [6.45, 7) is 2.26. The highest BCUT2D eigenvalue weighted by Gasteiger charge is 2.05. The van der Waals surface area contributed by atoms with Gasteiger partial charge in [0, 0.05) is 5.02 Å². The molecule has 0 aliphatic carbocycles. The Morgan fingerprint density at radius 3 is 2.71 bits per heavy atom. The molecule has 0 aliphatic rings. The first-order valence-corrected chi connectivity index (χ1v) is 6.96. The molecule has 0 amide bonds. The van der Waals surface area contributed by atoms with Crippen LogP contribution in [0.25, 0.3) is 11.0 Å². The predicted octanol–water partition coefficient (Wildman–Crippen LogP) is 4.16. The average Bonchev–Trinajstić information content (AvgIpc) is 2.93. The summed E-state index contributed by atoms with van der Waals surface area (Å²) >= 11 is 5.83. The van der Waals surface area contributed by atoms with Crippen LogP contribution in [0.15, 0.2) is 53.7 Å². The number of H-pyrrole nitrogens is 1. The molecule has 0 bridgehead atoms. The van der Waals surface area contributed by atoms with E-state index < -0.39 is 0 Å². The van der Waals surface area contributed by atoms with Gasteiger partial charge >= 0.3 is 0 Å². The van der Waals surface area contributed by atoms with Gasteiger partial charge in [-0.3, -0.25) is 0 Å². The normalized spacial score (nSPS) is 11.8. The summed E-state index contributed by atoms with van der Waals surface area (Å²) in [6.07, 6.45) is 0. The Morgan fingerprint density at radius 1 is 1.19 bits per heavy atom. The maximum Gasteiger partial charge on any atom is 0.156 e. The van der Waals surface area contributed by atoms with Crippen molar-refractivity contribution >= 4 is 28.3 Å². The van der Waals surface area contributed by atoms with Crippen LogP contribution in [-0.4, -0.2) is 15.7 Å². The van der Waals surface area contributed by atoms with Crippen molar-refractivity contribution in [3.63, 3.8) is 0 Å². The second kappa shape index (κ2) is 5.97. The minimum atomic E-state index is 0.398. The van der Waals surface area contributed by atoms with E-state index in [1.807, 2.05) is 55.5 Å². The Morgan fingerprint density at radius 2 is 1.95 bits per heavy atom. The third-order valence-corrected chi connectivity index (χ3v) is 3.33. The molecule has 3 aromatic rings. The van der Waals surface area contributed by atoms with E-state index in [1.165, 1.54) is 0 Å². The number of nitrogens with zero attached hydrogens (tertiary/aromatic N) is 2. The van der Waals surface area contributed by atoms with Gasteiger partial charge in [0.15, 0.2) is 5.82 Å². The molecule has 0 spiro atoms. The Kier molecular flexibility index (Phi) is 3.88. The summed E-state index contributed by atoms with van der Waals surface area (Å²) in [5.74, 6) is 0.715. The number of nitrogens with one attached hydrogen (secondary N) is 1. The molecule has 4 nitrogen and oxygen atoms in total. The fourth-order valence-electron chi connectivity index (χ4n) is 1.95. The molecule has 0 saturated heterocycles. The number of aromatic amines is 1. The smallest absolute Gasteiger partial charge is 0.156 e. The number of hydrogen-bond acceptors (Lipinski definition) is 3. The minimum absolute atomic E-state index is 0.398. The van der Waals surface area contributed by atoms with Crippen LogP contribution in [0.5, 0.6) is 0 Å². The maximum atomic E-state index is 5.83. The van der Waals surface area contributed by atoms with Crippen LogP contribution in [0.2, 0.25) is 5.02 Å². The number of aromatic nitrogens is 2. The number of para-hydroxylation sites is 2. The molecule has 1 N–H and O–H groups in total. The topological polar surface area (TPSA) is 50.3 Å². The van der Waals surface area contributed by atoms with Crippen molar-refractivity contribution in [3.05, 3.63) is 64.9 Å². The zero-order valence-electron chi connectivity index (χ0n) is 11.5. The second-order valence-corrected chi connectivity index (χ2v) is 5.12. The summed E-state index contributed by atoms with van der Waals surface area (Å²) in [5, 5.41) is 4.81. The molecule has 0 saturated carbocycles. The van der Waals surface area contributed by atoms with Gasteiger partial charge in [-0.05, 0) is 36.8 Å². The van der Waals surface area contributed by atoms with E-state index in [0.717, 1.165) is 16.6 Å². The summed E-state index contributed by atoms with van der Waals surface area (Å²) in [7, 11) is 0. The van der Waals surface area contributed by atoms with Crippen LogP contribution < -0.4 is 0 Å². The van der Waals surface area contributed by atoms with E-state index >= 15 is 0 Å². The van der Waals surface area contributed by atoms with Gasteiger partial charge in [-0.1, -0.05) is 41.0 Å². The highest BCUT2D eigenvalue weighted by atomic mass is 35.5. The number of hydrogen-bond donors (Lipinski definition) is 1. The molecule has 0 atom stereocenters. The van der Waals surface area contributed by atoms with Crippen molar-refractivity contribution in [1.82, 2.24) is 9.97 Å². The number of oxime groups is 1. The molecule has 0 aliphatic heterocycles. The fourth-order valence-corrected chi connectivity index (χ4v) is 2.08. The van der Waals surface area contributed by atoms with Gasteiger partial charge in [-0.2, -0.15) is 0 Å². The quantitative estimate of drug-likeness (QED) is 0.581. The van der Waals surface area contributed by atoms with E-state index in [0.29, 0.717) is 23.2 Å². The molecule has 0 fully saturated rings. The van der Waals surface area contributed by atoms with Gasteiger partial charge < -0.3 is 9.82 Å². The monoisotopic (exact) mass is 299 g/mol. The molecular formula is C16H14ClN3O. The van der Waals surface area contributed by atoms with Gasteiger partial charge in [0.1, 0.15) is 12.3 Å². The zero-order chi connectivity index (χ0) is 14.7. The first-order valence-electron chi connectivity index (χ1n) is 6.58. The lowest BCUT2D eigenvalue weighted by molar-refractivity contribution is 0.130. The number of benzene rings is 2. The third kappa shape index (κ3) is 3.23. The molecule has 5 heteroatoms. The van der Waals surface area contributed by atoms with Gasteiger partial charge in [-0.15, -0.1) is 0 Å². The SMILES string of the molecule is C/C(=N\OCc1ccc(Cl)cc1)c1nc2ccccc2[nH]1. The summed E-state index contributed by atoms with van der Waals surface area (Å²) in [6, 6.07) is 15.3. The lowest BCUT2D eigenvalue weighted by atomic mass is 10.2. The van der Waals surface area contributed by atoms with Gasteiger partial charge in [0.2, 0.25) is 0 Å². The maximum absolute atomic E-state index is 5.83. The van der Waals surface area contributed by atoms with Crippen molar-refractivity contribution in [2.75, 3.05) is 0 Å². The van der Waals surface area contributed by atoms with Crippen LogP contribution in [0.3, 0.4) is 0 Å². The lowest BCUT2D eigenvalue weighted by Crippen LogP contribution is -1.99. The first-order chi connectivity index (χ1) is 10.2. The van der Waals surface area contributed by atoms with Crippen molar-refractivity contribution in [1.29, 1.82) is 0 Å². The van der Waals surface area contributed by atoms with Gasteiger partial charge in [-0.25, -0.2) is 4.98 Å².